The molecule has 1 amide bonds. The molecule has 0 bridgehead atoms. The molecule has 0 spiro atoms. The van der Waals surface area contributed by atoms with E-state index in [2.05, 4.69) is 50.0 Å². The number of rotatable bonds is 4. The summed E-state index contributed by atoms with van der Waals surface area (Å²) in [6.07, 6.45) is 0.524. The van der Waals surface area contributed by atoms with Gasteiger partial charge in [0.15, 0.2) is 0 Å². The van der Waals surface area contributed by atoms with Gasteiger partial charge in [-0.2, -0.15) is 12.6 Å². The third-order valence-electron chi connectivity index (χ3n) is 3.62. The van der Waals surface area contributed by atoms with Gasteiger partial charge in [-0.1, -0.05) is 26.0 Å². The molecular weight excluding hydrogens is 244 g/mol. The van der Waals surface area contributed by atoms with Crippen molar-refractivity contribution in [2.45, 2.75) is 25.7 Å². The largest absolute Gasteiger partial charge is 0.315 e. The van der Waals surface area contributed by atoms with E-state index >= 15 is 0 Å². The number of amides is 1. The molecule has 0 saturated heterocycles. The molecule has 18 heavy (non-hydrogen) atoms. The summed E-state index contributed by atoms with van der Waals surface area (Å²) in [5, 5.41) is 3.26. The van der Waals surface area contributed by atoms with Crippen LogP contribution in [0.15, 0.2) is 18.2 Å². The fraction of sp³-hybridized carbons (Fsp3) is 0.500. The number of carbonyl (C=O) groups excluding carboxylic acids is 1. The predicted octanol–water partition coefficient (Wildman–Crippen LogP) is 1.96. The van der Waals surface area contributed by atoms with E-state index in [-0.39, 0.29) is 11.3 Å². The molecule has 1 aromatic carbocycles. The minimum atomic E-state index is 0.0436. The molecule has 4 heteroatoms. The van der Waals surface area contributed by atoms with Crippen molar-refractivity contribution >= 4 is 24.2 Å². The molecule has 0 aliphatic carbocycles. The molecule has 1 N–H and O–H groups in total. The molecule has 1 aliphatic rings. The molecule has 0 saturated carbocycles. The number of anilines is 1. The first-order valence-electron chi connectivity index (χ1n) is 6.17. The molecule has 3 nitrogen and oxygen atoms in total. The van der Waals surface area contributed by atoms with Crippen molar-refractivity contribution < 1.29 is 4.79 Å². The zero-order valence-corrected chi connectivity index (χ0v) is 12.1. The first-order valence-corrected chi connectivity index (χ1v) is 6.80. The lowest BCUT2D eigenvalue weighted by atomic mass is 9.83. The molecule has 0 aromatic heterocycles. The van der Waals surface area contributed by atoms with Crippen molar-refractivity contribution in [1.82, 2.24) is 5.32 Å². The molecule has 1 aromatic rings. The Morgan fingerprint density at radius 1 is 1.44 bits per heavy atom. The van der Waals surface area contributed by atoms with Crippen LogP contribution in [0.5, 0.6) is 0 Å². The highest BCUT2D eigenvalue weighted by atomic mass is 32.1. The average molecular weight is 264 g/mol. The van der Waals surface area contributed by atoms with E-state index in [1.165, 1.54) is 5.56 Å². The lowest BCUT2D eigenvalue weighted by molar-refractivity contribution is -0.117. The van der Waals surface area contributed by atoms with E-state index in [0.29, 0.717) is 12.3 Å². The Balaban J connectivity index is 2.28. The molecule has 98 valence electrons. The van der Waals surface area contributed by atoms with Crippen LogP contribution in [0.4, 0.5) is 5.69 Å². The molecule has 0 radical (unpaired) electrons. The molecule has 0 fully saturated rings. The Hall–Kier alpha value is -1.00. The first-order chi connectivity index (χ1) is 8.45. The van der Waals surface area contributed by atoms with Crippen LogP contribution in [0, 0.1) is 0 Å². The second-order valence-corrected chi connectivity index (χ2v) is 5.76. The van der Waals surface area contributed by atoms with Gasteiger partial charge in [0.1, 0.15) is 0 Å². The zero-order chi connectivity index (χ0) is 13.3. The molecule has 2 rings (SSSR count). The minimum Gasteiger partial charge on any atom is -0.315 e. The summed E-state index contributed by atoms with van der Waals surface area (Å²) in [4.78, 5) is 13.4. The molecule has 0 atom stereocenters. The van der Waals surface area contributed by atoms with Crippen molar-refractivity contribution in [1.29, 1.82) is 0 Å². The number of likely N-dealkylation sites (N-methyl/N-ethyl adjacent to an activating group) is 1. The lowest BCUT2D eigenvalue weighted by Gasteiger charge is -2.26. The summed E-state index contributed by atoms with van der Waals surface area (Å²) in [7, 11) is 1.83. The van der Waals surface area contributed by atoms with Crippen LogP contribution in [0.1, 0.15) is 25.0 Å². The number of fused-ring (bicyclic) bond motifs is 1. The van der Waals surface area contributed by atoms with Crippen LogP contribution < -0.4 is 10.2 Å². The van der Waals surface area contributed by atoms with Gasteiger partial charge in [0, 0.05) is 30.6 Å². The van der Waals surface area contributed by atoms with E-state index < -0.39 is 0 Å². The first kappa shape index (κ1) is 13.4. The van der Waals surface area contributed by atoms with Gasteiger partial charge in [0.25, 0.3) is 0 Å². The number of nitrogens with zero attached hydrogens (tertiary/aromatic N) is 1. The maximum absolute atomic E-state index is 11.7. The Kier molecular flexibility index (Phi) is 3.69. The minimum absolute atomic E-state index is 0.0436. The van der Waals surface area contributed by atoms with Gasteiger partial charge in [0.05, 0.1) is 6.42 Å². The highest BCUT2D eigenvalue weighted by Gasteiger charge is 2.27. The monoisotopic (exact) mass is 264 g/mol. The van der Waals surface area contributed by atoms with E-state index in [1.807, 2.05) is 7.05 Å². The highest BCUT2D eigenvalue weighted by molar-refractivity contribution is 7.80. The second-order valence-electron chi connectivity index (χ2n) is 5.44. The van der Waals surface area contributed by atoms with Gasteiger partial charge in [0.2, 0.25) is 5.91 Å². The van der Waals surface area contributed by atoms with Gasteiger partial charge < -0.3 is 10.2 Å². The van der Waals surface area contributed by atoms with E-state index in [0.717, 1.165) is 17.8 Å². The third kappa shape index (κ3) is 2.40. The smallest absolute Gasteiger partial charge is 0.231 e. The number of carbonyl (C=O) groups is 1. The maximum Gasteiger partial charge on any atom is 0.231 e. The summed E-state index contributed by atoms with van der Waals surface area (Å²) in [5.74, 6) is 0.851. The molecular formula is C14H20N2OS. The number of hydrogen-bond donors (Lipinski definition) is 2. The van der Waals surface area contributed by atoms with Gasteiger partial charge in [-0.15, -0.1) is 0 Å². The Morgan fingerprint density at radius 3 is 2.83 bits per heavy atom. The summed E-state index contributed by atoms with van der Waals surface area (Å²) in [6, 6.07) is 6.34. The number of hydrogen-bond acceptors (Lipinski definition) is 3. The summed E-state index contributed by atoms with van der Waals surface area (Å²) < 4.78 is 0. The lowest BCUT2D eigenvalue weighted by Crippen LogP contribution is -2.32. The van der Waals surface area contributed by atoms with Crippen LogP contribution in [0.2, 0.25) is 0 Å². The van der Waals surface area contributed by atoms with Crippen LogP contribution in [-0.4, -0.2) is 25.4 Å². The van der Waals surface area contributed by atoms with Gasteiger partial charge in [-0.25, -0.2) is 0 Å². The second kappa shape index (κ2) is 4.94. The van der Waals surface area contributed by atoms with Crippen molar-refractivity contribution in [3.63, 3.8) is 0 Å². The van der Waals surface area contributed by atoms with Crippen LogP contribution in [0.25, 0.3) is 0 Å². The fourth-order valence-corrected chi connectivity index (χ4v) is 2.47. The zero-order valence-electron chi connectivity index (χ0n) is 11.2. The van der Waals surface area contributed by atoms with Crippen molar-refractivity contribution in [2.75, 3.05) is 24.4 Å². The van der Waals surface area contributed by atoms with E-state index in [4.69, 9.17) is 0 Å². The Morgan fingerprint density at radius 2 is 2.17 bits per heavy atom. The van der Waals surface area contributed by atoms with Crippen LogP contribution >= 0.6 is 12.6 Å². The van der Waals surface area contributed by atoms with Gasteiger partial charge in [-0.05, 0) is 17.2 Å². The van der Waals surface area contributed by atoms with Crippen molar-refractivity contribution in [3.8, 4) is 0 Å². The normalized spacial score (nSPS) is 15.1. The SMILES string of the molecule is CN1C(=O)Cc2cc(C(C)(C)CNCS)ccc21. The van der Waals surface area contributed by atoms with E-state index in [9.17, 15) is 4.79 Å². The highest BCUT2D eigenvalue weighted by Crippen LogP contribution is 2.32. The van der Waals surface area contributed by atoms with Crippen LogP contribution in [-0.2, 0) is 16.6 Å². The summed E-state index contributed by atoms with van der Waals surface area (Å²) in [6.45, 7) is 5.27. The maximum atomic E-state index is 11.7. The van der Waals surface area contributed by atoms with Crippen molar-refractivity contribution in [2.24, 2.45) is 0 Å². The number of nitrogens with one attached hydrogen (secondary N) is 1. The predicted molar refractivity (Wildman–Crippen MR) is 78.4 cm³/mol. The van der Waals surface area contributed by atoms with Gasteiger partial charge >= 0.3 is 0 Å². The van der Waals surface area contributed by atoms with E-state index in [1.54, 1.807) is 4.90 Å². The fourth-order valence-electron chi connectivity index (χ4n) is 2.36. The van der Waals surface area contributed by atoms with Crippen molar-refractivity contribution in [3.05, 3.63) is 29.3 Å². The quantitative estimate of drug-likeness (QED) is 0.643. The average Bonchev–Trinajstić information content (AvgIpc) is 2.62. The van der Waals surface area contributed by atoms with Gasteiger partial charge in [-0.3, -0.25) is 4.79 Å². The number of benzene rings is 1. The molecule has 1 heterocycles. The summed E-state index contributed by atoms with van der Waals surface area (Å²) >= 11 is 4.17. The third-order valence-corrected chi connectivity index (χ3v) is 3.84. The molecule has 1 aliphatic heterocycles. The van der Waals surface area contributed by atoms with Crippen LogP contribution in [0.3, 0.4) is 0 Å². The Bertz CT molecular complexity index is 471. The Labute approximate surface area is 114 Å². The topological polar surface area (TPSA) is 32.3 Å². The summed E-state index contributed by atoms with van der Waals surface area (Å²) in [5.41, 5.74) is 3.49. The molecule has 0 unspecified atom stereocenters. The standard InChI is InChI=1S/C14H20N2OS/c1-14(2,8-15-9-18)11-4-5-12-10(6-11)7-13(17)16(12)3/h4-6,15,18H,7-9H2,1-3H3. The number of thiol groups is 1.